The van der Waals surface area contributed by atoms with Crippen LogP contribution in [0.2, 0.25) is 0 Å². The summed E-state index contributed by atoms with van der Waals surface area (Å²) in [6.45, 7) is 2.42. The first kappa shape index (κ1) is 14.0. The van der Waals surface area contributed by atoms with E-state index in [4.69, 9.17) is 4.74 Å². The number of carbonyl (C=O) groups excluding carboxylic acids is 2. The van der Waals surface area contributed by atoms with E-state index in [1.165, 1.54) is 12.0 Å². The van der Waals surface area contributed by atoms with E-state index in [9.17, 15) is 9.59 Å². The van der Waals surface area contributed by atoms with Gasteiger partial charge in [0, 0.05) is 13.6 Å². The molecule has 0 heterocycles. The number of hydrogen-bond donors (Lipinski definition) is 1. The minimum atomic E-state index is -0.780. The summed E-state index contributed by atoms with van der Waals surface area (Å²) in [6.07, 6.45) is 0. The van der Waals surface area contributed by atoms with Crippen molar-refractivity contribution in [3.63, 3.8) is 0 Å². The van der Waals surface area contributed by atoms with Crippen LogP contribution < -0.4 is 5.32 Å². The minimum absolute atomic E-state index is 0.309. The molecule has 5 heteroatoms. The van der Waals surface area contributed by atoms with Crippen LogP contribution in [0.15, 0.2) is 30.3 Å². The van der Waals surface area contributed by atoms with Crippen molar-refractivity contribution in [1.82, 2.24) is 10.2 Å². The van der Waals surface area contributed by atoms with Gasteiger partial charge in [-0.3, -0.25) is 0 Å². The van der Waals surface area contributed by atoms with Crippen LogP contribution >= 0.6 is 0 Å². The number of methoxy groups -OCH3 is 1. The highest BCUT2D eigenvalue weighted by Gasteiger charge is 2.24. The maximum atomic E-state index is 11.8. The van der Waals surface area contributed by atoms with Gasteiger partial charge in [0.1, 0.15) is 0 Å². The van der Waals surface area contributed by atoms with Crippen molar-refractivity contribution in [1.29, 1.82) is 0 Å². The van der Waals surface area contributed by atoms with Gasteiger partial charge in [0.25, 0.3) is 0 Å². The third-order valence-electron chi connectivity index (χ3n) is 2.66. The molecule has 0 aliphatic carbocycles. The number of amides is 2. The van der Waals surface area contributed by atoms with E-state index in [1.807, 2.05) is 13.0 Å². The molecule has 1 N–H and O–H groups in total. The van der Waals surface area contributed by atoms with Crippen LogP contribution in [0.1, 0.15) is 18.5 Å². The predicted molar refractivity (Wildman–Crippen MR) is 68.0 cm³/mol. The molecule has 98 valence electrons. The third kappa shape index (κ3) is 3.48. The summed E-state index contributed by atoms with van der Waals surface area (Å²) < 4.78 is 4.71. The Morgan fingerprint density at radius 3 is 2.44 bits per heavy atom. The Morgan fingerprint density at radius 1 is 1.33 bits per heavy atom. The summed E-state index contributed by atoms with van der Waals surface area (Å²) in [5.74, 6) is -0.487. The molecular weight excluding hydrogens is 232 g/mol. The Labute approximate surface area is 107 Å². The number of benzene rings is 1. The fourth-order valence-corrected chi connectivity index (χ4v) is 1.42. The normalized spacial score (nSPS) is 11.5. The molecule has 0 radical (unpaired) electrons. The van der Waals surface area contributed by atoms with Gasteiger partial charge in [-0.15, -0.1) is 0 Å². The molecule has 0 saturated carbocycles. The molecule has 1 rings (SSSR count). The number of ether oxygens (including phenoxy) is 1. The molecule has 1 atom stereocenters. The highest BCUT2D eigenvalue weighted by molar-refractivity contribution is 5.84. The smallest absolute Gasteiger partial charge is 0.333 e. The second kappa shape index (κ2) is 6.64. The summed E-state index contributed by atoms with van der Waals surface area (Å²) in [7, 11) is 2.96. The zero-order valence-corrected chi connectivity index (χ0v) is 10.8. The minimum Gasteiger partial charge on any atom is -0.467 e. The molecule has 1 unspecified atom stereocenters. The summed E-state index contributed by atoms with van der Waals surface area (Å²) in [4.78, 5) is 25.0. The lowest BCUT2D eigenvalue weighted by Crippen LogP contribution is -2.42. The van der Waals surface area contributed by atoms with Crippen molar-refractivity contribution in [2.45, 2.75) is 13.0 Å². The van der Waals surface area contributed by atoms with Gasteiger partial charge in [0.15, 0.2) is 6.04 Å². The number of esters is 1. The Bertz CT molecular complexity index is 406. The number of urea groups is 1. The molecule has 5 nitrogen and oxygen atoms in total. The van der Waals surface area contributed by atoms with Crippen LogP contribution in [0, 0.1) is 0 Å². The maximum absolute atomic E-state index is 11.8. The van der Waals surface area contributed by atoms with Gasteiger partial charge >= 0.3 is 12.0 Å². The monoisotopic (exact) mass is 250 g/mol. The summed E-state index contributed by atoms with van der Waals surface area (Å²) >= 11 is 0. The molecule has 0 fully saturated rings. The van der Waals surface area contributed by atoms with Crippen LogP contribution in [-0.4, -0.2) is 37.6 Å². The number of nitrogens with one attached hydrogen (secondary N) is 1. The van der Waals surface area contributed by atoms with Crippen molar-refractivity contribution in [2.75, 3.05) is 20.7 Å². The van der Waals surface area contributed by atoms with Crippen LogP contribution in [0.4, 0.5) is 4.79 Å². The van der Waals surface area contributed by atoms with E-state index in [-0.39, 0.29) is 6.03 Å². The van der Waals surface area contributed by atoms with Crippen LogP contribution in [0.3, 0.4) is 0 Å². The molecule has 0 aliphatic rings. The number of nitrogens with zero attached hydrogens (tertiary/aromatic N) is 1. The topological polar surface area (TPSA) is 58.6 Å². The average Bonchev–Trinajstić information content (AvgIpc) is 2.43. The molecule has 0 spiro atoms. The van der Waals surface area contributed by atoms with E-state index in [1.54, 1.807) is 31.3 Å². The Kier molecular flexibility index (Phi) is 5.17. The summed E-state index contributed by atoms with van der Waals surface area (Å²) in [6, 6.07) is 7.91. The molecule has 2 amide bonds. The van der Waals surface area contributed by atoms with Crippen LogP contribution in [0.25, 0.3) is 0 Å². The first-order chi connectivity index (χ1) is 8.60. The van der Waals surface area contributed by atoms with Crippen molar-refractivity contribution >= 4 is 12.0 Å². The second-order valence-electron chi connectivity index (χ2n) is 3.83. The Hall–Kier alpha value is -2.04. The third-order valence-corrected chi connectivity index (χ3v) is 2.66. The molecule has 0 aliphatic heterocycles. The van der Waals surface area contributed by atoms with E-state index >= 15 is 0 Å². The molecule has 1 aromatic rings. The predicted octanol–water partition coefficient (Wildman–Crippen LogP) is 1.56. The van der Waals surface area contributed by atoms with Crippen molar-refractivity contribution in [3.05, 3.63) is 35.9 Å². The zero-order chi connectivity index (χ0) is 13.5. The van der Waals surface area contributed by atoms with Gasteiger partial charge in [0.2, 0.25) is 0 Å². The molecule has 0 bridgehead atoms. The van der Waals surface area contributed by atoms with Crippen molar-refractivity contribution < 1.29 is 14.3 Å². The lowest BCUT2D eigenvalue weighted by molar-refractivity contribution is -0.143. The highest BCUT2D eigenvalue weighted by atomic mass is 16.5. The fourth-order valence-electron chi connectivity index (χ4n) is 1.42. The molecule has 0 aromatic heterocycles. The average molecular weight is 250 g/mol. The first-order valence-electron chi connectivity index (χ1n) is 5.74. The van der Waals surface area contributed by atoms with E-state index in [0.29, 0.717) is 12.1 Å². The Balaban J connectivity index is 2.87. The van der Waals surface area contributed by atoms with E-state index in [2.05, 4.69) is 5.32 Å². The standard InChI is InChI=1S/C13H18N2O3/c1-4-15(2)13(17)14-11(12(16)18-3)10-8-6-5-7-9-10/h5-9,11H,4H2,1-3H3,(H,14,17). The quantitative estimate of drug-likeness (QED) is 0.825. The number of carbonyl (C=O) groups is 2. The lowest BCUT2D eigenvalue weighted by atomic mass is 10.1. The molecule has 0 saturated heterocycles. The largest absolute Gasteiger partial charge is 0.467 e. The number of rotatable bonds is 4. The molecule has 1 aromatic carbocycles. The van der Waals surface area contributed by atoms with Gasteiger partial charge in [0.05, 0.1) is 7.11 Å². The highest BCUT2D eigenvalue weighted by Crippen LogP contribution is 2.14. The van der Waals surface area contributed by atoms with Crippen LogP contribution in [-0.2, 0) is 9.53 Å². The van der Waals surface area contributed by atoms with Gasteiger partial charge in [-0.2, -0.15) is 0 Å². The molecular formula is C13H18N2O3. The fraction of sp³-hybridized carbons (Fsp3) is 0.385. The van der Waals surface area contributed by atoms with Gasteiger partial charge < -0.3 is 15.0 Å². The maximum Gasteiger partial charge on any atom is 0.333 e. The lowest BCUT2D eigenvalue weighted by Gasteiger charge is -2.21. The van der Waals surface area contributed by atoms with Crippen LogP contribution in [0.5, 0.6) is 0 Å². The first-order valence-corrected chi connectivity index (χ1v) is 5.74. The summed E-state index contributed by atoms with van der Waals surface area (Å²) in [5, 5.41) is 2.65. The van der Waals surface area contributed by atoms with Gasteiger partial charge in [-0.05, 0) is 12.5 Å². The SMILES string of the molecule is CCN(C)C(=O)NC(C(=O)OC)c1ccccc1. The van der Waals surface area contributed by atoms with Crippen molar-refractivity contribution in [3.8, 4) is 0 Å². The van der Waals surface area contributed by atoms with Gasteiger partial charge in [-0.25, -0.2) is 9.59 Å². The van der Waals surface area contributed by atoms with Gasteiger partial charge in [-0.1, -0.05) is 30.3 Å². The number of hydrogen-bond acceptors (Lipinski definition) is 3. The van der Waals surface area contributed by atoms with Crippen molar-refractivity contribution in [2.24, 2.45) is 0 Å². The van der Waals surface area contributed by atoms with E-state index in [0.717, 1.165) is 0 Å². The Morgan fingerprint density at radius 2 is 1.94 bits per heavy atom. The molecule has 18 heavy (non-hydrogen) atoms. The zero-order valence-electron chi connectivity index (χ0n) is 10.8. The van der Waals surface area contributed by atoms with E-state index < -0.39 is 12.0 Å². The second-order valence-corrected chi connectivity index (χ2v) is 3.83. The summed E-state index contributed by atoms with van der Waals surface area (Å²) in [5.41, 5.74) is 0.696.